The van der Waals surface area contributed by atoms with Crippen molar-refractivity contribution >= 4 is 11.6 Å². The summed E-state index contributed by atoms with van der Waals surface area (Å²) in [5.41, 5.74) is 2.10. The zero-order chi connectivity index (χ0) is 14.2. The van der Waals surface area contributed by atoms with E-state index in [-0.39, 0.29) is 18.0 Å². The van der Waals surface area contributed by atoms with E-state index in [9.17, 15) is 9.59 Å². The topological polar surface area (TPSA) is 34.1 Å². The summed E-state index contributed by atoms with van der Waals surface area (Å²) in [6.07, 6.45) is 1.53. The molecule has 0 saturated carbocycles. The lowest BCUT2D eigenvalue weighted by Crippen LogP contribution is -2.11. The molecule has 0 fully saturated rings. The molecular weight excluding hydrogens is 248 g/mol. The van der Waals surface area contributed by atoms with Crippen LogP contribution >= 0.6 is 0 Å². The van der Waals surface area contributed by atoms with Crippen molar-refractivity contribution in [2.45, 2.75) is 25.7 Å². The van der Waals surface area contributed by atoms with Crippen LogP contribution in [0, 0.1) is 0 Å². The molecule has 2 heteroatoms. The second-order valence-corrected chi connectivity index (χ2v) is 4.90. The molecule has 2 nitrogen and oxygen atoms in total. The van der Waals surface area contributed by atoms with Gasteiger partial charge in [0.15, 0.2) is 0 Å². The molecule has 2 rings (SSSR count). The first-order valence-electron chi connectivity index (χ1n) is 6.85. The van der Waals surface area contributed by atoms with Crippen molar-refractivity contribution in [3.8, 4) is 0 Å². The van der Waals surface area contributed by atoms with Gasteiger partial charge in [0.2, 0.25) is 0 Å². The van der Waals surface area contributed by atoms with Gasteiger partial charge in [-0.15, -0.1) is 0 Å². The molecule has 0 bridgehead atoms. The Morgan fingerprint density at radius 1 is 0.700 bits per heavy atom. The fourth-order valence-corrected chi connectivity index (χ4v) is 2.12. The molecule has 2 aromatic carbocycles. The summed E-state index contributed by atoms with van der Waals surface area (Å²) in [6, 6.07) is 19.4. The molecule has 0 aliphatic carbocycles. The van der Waals surface area contributed by atoms with E-state index < -0.39 is 0 Å². The molecule has 0 amide bonds. The Bertz CT molecular complexity index is 558. The lowest BCUT2D eigenvalue weighted by Gasteiger charge is -2.02. The van der Waals surface area contributed by atoms with Crippen molar-refractivity contribution in [1.82, 2.24) is 0 Å². The Morgan fingerprint density at radius 2 is 1.25 bits per heavy atom. The minimum atomic E-state index is -0.00531. The van der Waals surface area contributed by atoms with Gasteiger partial charge in [-0.25, -0.2) is 0 Å². The van der Waals surface area contributed by atoms with Gasteiger partial charge in [0, 0.05) is 12.8 Å². The Kier molecular flexibility index (Phi) is 5.24. The summed E-state index contributed by atoms with van der Waals surface area (Å²) in [5, 5.41) is 0. The van der Waals surface area contributed by atoms with Crippen LogP contribution in [-0.2, 0) is 22.4 Å². The molecule has 0 unspecified atom stereocenters. The van der Waals surface area contributed by atoms with Crippen LogP contribution in [0.1, 0.15) is 24.0 Å². The normalized spacial score (nSPS) is 10.2. The van der Waals surface area contributed by atoms with Gasteiger partial charge in [-0.3, -0.25) is 9.59 Å². The van der Waals surface area contributed by atoms with E-state index in [4.69, 9.17) is 0 Å². The smallest absolute Gasteiger partial charge is 0.144 e. The molecule has 0 atom stereocenters. The van der Waals surface area contributed by atoms with Gasteiger partial charge in [0.25, 0.3) is 0 Å². The SMILES string of the molecule is O=C(CCc1ccccc1)CC(=O)Cc1ccccc1. The van der Waals surface area contributed by atoms with E-state index in [0.29, 0.717) is 19.3 Å². The van der Waals surface area contributed by atoms with Gasteiger partial charge in [-0.05, 0) is 17.5 Å². The number of ketones is 2. The first-order valence-corrected chi connectivity index (χ1v) is 6.85. The molecule has 0 aromatic heterocycles. The minimum Gasteiger partial charge on any atom is -0.299 e. The predicted molar refractivity (Wildman–Crippen MR) is 79.5 cm³/mol. The molecule has 0 N–H and O–H groups in total. The molecular formula is C18H18O2. The van der Waals surface area contributed by atoms with Crippen LogP contribution < -0.4 is 0 Å². The highest BCUT2D eigenvalue weighted by atomic mass is 16.1. The third-order valence-corrected chi connectivity index (χ3v) is 3.17. The molecule has 0 aliphatic rings. The number of rotatable bonds is 7. The summed E-state index contributed by atoms with van der Waals surface area (Å²) in [7, 11) is 0. The summed E-state index contributed by atoms with van der Waals surface area (Å²) >= 11 is 0. The second-order valence-electron chi connectivity index (χ2n) is 4.90. The lowest BCUT2D eigenvalue weighted by atomic mass is 10.0. The van der Waals surface area contributed by atoms with Crippen LogP contribution in [0.15, 0.2) is 60.7 Å². The lowest BCUT2D eigenvalue weighted by molar-refractivity contribution is -0.126. The molecule has 0 radical (unpaired) electrons. The number of aryl methyl sites for hydroxylation is 1. The van der Waals surface area contributed by atoms with E-state index >= 15 is 0 Å². The highest BCUT2D eigenvalue weighted by Crippen LogP contribution is 2.06. The summed E-state index contributed by atoms with van der Waals surface area (Å²) < 4.78 is 0. The van der Waals surface area contributed by atoms with Crippen molar-refractivity contribution in [3.05, 3.63) is 71.8 Å². The van der Waals surface area contributed by atoms with E-state index in [1.54, 1.807) is 0 Å². The van der Waals surface area contributed by atoms with Crippen molar-refractivity contribution in [2.24, 2.45) is 0 Å². The molecule has 0 saturated heterocycles. The average Bonchev–Trinajstić information content (AvgIpc) is 2.47. The van der Waals surface area contributed by atoms with Crippen molar-refractivity contribution in [1.29, 1.82) is 0 Å². The van der Waals surface area contributed by atoms with Gasteiger partial charge in [-0.2, -0.15) is 0 Å². The quantitative estimate of drug-likeness (QED) is 0.720. The highest BCUT2D eigenvalue weighted by molar-refractivity contribution is 5.99. The Labute approximate surface area is 119 Å². The number of hydrogen-bond donors (Lipinski definition) is 0. The monoisotopic (exact) mass is 266 g/mol. The molecule has 2 aromatic rings. The molecule has 102 valence electrons. The van der Waals surface area contributed by atoms with Crippen LogP contribution in [-0.4, -0.2) is 11.6 Å². The fraction of sp³-hybridized carbons (Fsp3) is 0.222. The summed E-state index contributed by atoms with van der Waals surface area (Å²) in [6.45, 7) is 0. The average molecular weight is 266 g/mol. The van der Waals surface area contributed by atoms with Crippen molar-refractivity contribution < 1.29 is 9.59 Å². The molecule has 0 spiro atoms. The highest BCUT2D eigenvalue weighted by Gasteiger charge is 2.10. The molecule has 0 heterocycles. The fourth-order valence-electron chi connectivity index (χ4n) is 2.12. The third-order valence-electron chi connectivity index (χ3n) is 3.17. The number of carbonyl (C=O) groups is 2. The van der Waals surface area contributed by atoms with Gasteiger partial charge in [0.05, 0.1) is 6.42 Å². The van der Waals surface area contributed by atoms with Gasteiger partial charge in [-0.1, -0.05) is 60.7 Å². The zero-order valence-electron chi connectivity index (χ0n) is 11.4. The number of carbonyl (C=O) groups excluding carboxylic acids is 2. The maximum Gasteiger partial charge on any atom is 0.144 e. The van der Waals surface area contributed by atoms with Gasteiger partial charge in [0.1, 0.15) is 11.6 Å². The Hall–Kier alpha value is -2.22. The van der Waals surface area contributed by atoms with Gasteiger partial charge < -0.3 is 0 Å². The summed E-state index contributed by atoms with van der Waals surface area (Å²) in [4.78, 5) is 23.6. The first-order chi connectivity index (χ1) is 9.74. The third kappa shape index (κ3) is 4.81. The van der Waals surface area contributed by atoms with Crippen LogP contribution in [0.2, 0.25) is 0 Å². The van der Waals surface area contributed by atoms with Crippen LogP contribution in [0.4, 0.5) is 0 Å². The Balaban J connectivity index is 1.75. The van der Waals surface area contributed by atoms with Crippen molar-refractivity contribution in [3.63, 3.8) is 0 Å². The minimum absolute atomic E-state index is 0.00531. The van der Waals surface area contributed by atoms with E-state index in [0.717, 1.165) is 11.1 Å². The Morgan fingerprint density at radius 3 is 1.85 bits per heavy atom. The maximum absolute atomic E-state index is 11.8. The second kappa shape index (κ2) is 7.39. The van der Waals surface area contributed by atoms with E-state index in [1.807, 2.05) is 60.7 Å². The standard InChI is InChI=1S/C18H18O2/c19-17(12-11-15-7-3-1-4-8-15)14-18(20)13-16-9-5-2-6-10-16/h1-10H,11-14H2. The summed E-state index contributed by atoms with van der Waals surface area (Å²) in [5.74, 6) is 0.0176. The first kappa shape index (κ1) is 14.2. The van der Waals surface area contributed by atoms with Crippen LogP contribution in [0.3, 0.4) is 0 Å². The van der Waals surface area contributed by atoms with E-state index in [1.165, 1.54) is 0 Å². The molecule has 0 aliphatic heterocycles. The van der Waals surface area contributed by atoms with Crippen LogP contribution in [0.5, 0.6) is 0 Å². The zero-order valence-corrected chi connectivity index (χ0v) is 11.4. The van der Waals surface area contributed by atoms with Crippen molar-refractivity contribution in [2.75, 3.05) is 0 Å². The largest absolute Gasteiger partial charge is 0.299 e. The number of benzene rings is 2. The van der Waals surface area contributed by atoms with Crippen LogP contribution in [0.25, 0.3) is 0 Å². The maximum atomic E-state index is 11.8. The van der Waals surface area contributed by atoms with Gasteiger partial charge >= 0.3 is 0 Å². The van der Waals surface area contributed by atoms with E-state index in [2.05, 4.69) is 0 Å². The number of hydrogen-bond acceptors (Lipinski definition) is 2. The number of Topliss-reactive ketones (excluding diaryl/α,β-unsaturated/α-hetero) is 2. The predicted octanol–water partition coefficient (Wildman–Crippen LogP) is 3.39. The molecule has 20 heavy (non-hydrogen) atoms.